The molecule has 1 amide bonds. The van der Waals surface area contributed by atoms with Gasteiger partial charge in [0.1, 0.15) is 23.5 Å². The Morgan fingerprint density at radius 2 is 2.15 bits per heavy atom. The zero-order chi connectivity index (χ0) is 17.5. The highest BCUT2D eigenvalue weighted by atomic mass is 16.4. The van der Waals surface area contributed by atoms with Crippen LogP contribution in [0.15, 0.2) is 53.5 Å². The number of hydrogen-bond donors (Lipinski definition) is 0. The molecule has 4 aromatic rings. The minimum Gasteiger partial charge on any atom is -0.441 e. The summed E-state index contributed by atoms with van der Waals surface area (Å²) >= 11 is 0. The summed E-state index contributed by atoms with van der Waals surface area (Å²) in [5, 5.41) is 4.14. The Bertz CT molecular complexity index is 1100. The lowest BCUT2D eigenvalue weighted by Crippen LogP contribution is -2.36. The topological polar surface area (TPSA) is 89.4 Å². The van der Waals surface area contributed by atoms with Crippen LogP contribution in [0.4, 0.5) is 0 Å². The molecular weight excluding hydrogens is 332 g/mol. The minimum atomic E-state index is -0.0994. The third-order valence-corrected chi connectivity index (χ3v) is 4.44. The average molecular weight is 346 g/mol. The third-order valence-electron chi connectivity index (χ3n) is 4.44. The Balaban J connectivity index is 1.45. The molecule has 8 heteroatoms. The zero-order valence-electron chi connectivity index (χ0n) is 13.7. The molecule has 1 aliphatic rings. The van der Waals surface area contributed by atoms with Gasteiger partial charge in [0.15, 0.2) is 5.65 Å². The fourth-order valence-corrected chi connectivity index (χ4v) is 3.15. The fourth-order valence-electron chi connectivity index (χ4n) is 3.15. The summed E-state index contributed by atoms with van der Waals surface area (Å²) in [5.41, 5.74) is 2.75. The van der Waals surface area contributed by atoms with Gasteiger partial charge in [-0.05, 0) is 24.3 Å². The van der Waals surface area contributed by atoms with Crippen LogP contribution < -0.4 is 0 Å². The van der Waals surface area contributed by atoms with Crippen molar-refractivity contribution in [2.24, 2.45) is 0 Å². The summed E-state index contributed by atoms with van der Waals surface area (Å²) in [4.78, 5) is 27.5. The molecule has 0 unspecified atom stereocenters. The van der Waals surface area contributed by atoms with Crippen LogP contribution in [0.3, 0.4) is 0 Å². The Morgan fingerprint density at radius 3 is 3.04 bits per heavy atom. The van der Waals surface area contributed by atoms with E-state index in [0.717, 1.165) is 17.0 Å². The predicted octanol–water partition coefficient (Wildman–Crippen LogP) is 1.98. The van der Waals surface area contributed by atoms with Crippen LogP contribution in [0.5, 0.6) is 0 Å². The van der Waals surface area contributed by atoms with E-state index >= 15 is 0 Å². The molecular formula is C18H14N6O2. The number of rotatable bonds is 2. The monoisotopic (exact) mass is 346 g/mol. The van der Waals surface area contributed by atoms with E-state index < -0.39 is 0 Å². The van der Waals surface area contributed by atoms with Crippen molar-refractivity contribution in [3.05, 3.63) is 66.2 Å². The summed E-state index contributed by atoms with van der Waals surface area (Å²) < 4.78 is 7.42. The molecule has 8 nitrogen and oxygen atoms in total. The van der Waals surface area contributed by atoms with E-state index in [1.165, 1.54) is 6.33 Å². The van der Waals surface area contributed by atoms with E-state index in [2.05, 4.69) is 20.1 Å². The molecule has 5 rings (SSSR count). The molecule has 0 bridgehead atoms. The van der Waals surface area contributed by atoms with Gasteiger partial charge >= 0.3 is 0 Å². The van der Waals surface area contributed by atoms with Gasteiger partial charge in [0.05, 0.1) is 12.1 Å². The second kappa shape index (κ2) is 5.76. The number of oxazole rings is 1. The van der Waals surface area contributed by atoms with Crippen LogP contribution in [0.1, 0.15) is 21.9 Å². The molecule has 0 saturated heterocycles. The van der Waals surface area contributed by atoms with Gasteiger partial charge in [-0.25, -0.2) is 14.5 Å². The zero-order valence-corrected chi connectivity index (χ0v) is 13.7. The normalized spacial score (nSPS) is 13.8. The lowest BCUT2D eigenvalue weighted by molar-refractivity contribution is 0.0719. The first-order valence-corrected chi connectivity index (χ1v) is 8.26. The van der Waals surface area contributed by atoms with Crippen LogP contribution in [0, 0.1) is 0 Å². The number of carbonyl (C=O) groups excluding carboxylic acids is 1. The molecule has 128 valence electrons. The molecule has 0 fully saturated rings. The molecule has 26 heavy (non-hydrogen) atoms. The third kappa shape index (κ3) is 2.34. The van der Waals surface area contributed by atoms with Crippen LogP contribution in [-0.2, 0) is 13.0 Å². The SMILES string of the molecule is O=C(c1cccc2ncnn12)N1CCc2oc(-c3cccnc3)nc2C1. The van der Waals surface area contributed by atoms with Crippen LogP contribution >= 0.6 is 0 Å². The highest BCUT2D eigenvalue weighted by Gasteiger charge is 2.27. The molecule has 1 aliphatic heterocycles. The van der Waals surface area contributed by atoms with Crippen LogP contribution in [-0.4, -0.2) is 41.9 Å². The quantitative estimate of drug-likeness (QED) is 0.551. The number of carbonyl (C=O) groups is 1. The molecule has 5 heterocycles. The molecule has 0 aliphatic carbocycles. The van der Waals surface area contributed by atoms with Gasteiger partial charge in [-0.2, -0.15) is 5.10 Å². The van der Waals surface area contributed by atoms with E-state index in [4.69, 9.17) is 4.42 Å². The van der Waals surface area contributed by atoms with Crippen molar-refractivity contribution in [1.29, 1.82) is 0 Å². The van der Waals surface area contributed by atoms with Gasteiger partial charge < -0.3 is 9.32 Å². The smallest absolute Gasteiger partial charge is 0.272 e. The maximum Gasteiger partial charge on any atom is 0.272 e. The Morgan fingerprint density at radius 1 is 1.19 bits per heavy atom. The summed E-state index contributed by atoms with van der Waals surface area (Å²) in [7, 11) is 0. The lowest BCUT2D eigenvalue weighted by Gasteiger charge is -2.25. The number of hydrogen-bond acceptors (Lipinski definition) is 6. The predicted molar refractivity (Wildman–Crippen MR) is 91.2 cm³/mol. The molecule has 0 N–H and O–H groups in total. The van der Waals surface area contributed by atoms with Crippen molar-refractivity contribution in [1.82, 2.24) is 29.5 Å². The van der Waals surface area contributed by atoms with Crippen molar-refractivity contribution in [3.63, 3.8) is 0 Å². The first-order valence-electron chi connectivity index (χ1n) is 8.26. The van der Waals surface area contributed by atoms with Gasteiger partial charge in [0, 0.05) is 25.4 Å². The van der Waals surface area contributed by atoms with Gasteiger partial charge in [-0.1, -0.05) is 6.07 Å². The standard InChI is InChI=1S/C18H14N6O2/c25-18(14-4-1-5-16-20-11-21-24(14)16)23-8-6-15-13(10-23)22-17(26-15)12-3-2-7-19-9-12/h1-5,7,9,11H,6,8,10H2. The number of fused-ring (bicyclic) bond motifs is 2. The summed E-state index contributed by atoms with van der Waals surface area (Å²) in [6.07, 6.45) is 5.49. The Kier molecular flexibility index (Phi) is 3.27. The Labute approximate surface area is 148 Å². The second-order valence-electron chi connectivity index (χ2n) is 6.05. The second-order valence-corrected chi connectivity index (χ2v) is 6.05. The van der Waals surface area contributed by atoms with Gasteiger partial charge in [-0.15, -0.1) is 0 Å². The summed E-state index contributed by atoms with van der Waals surface area (Å²) in [5.74, 6) is 1.26. The highest BCUT2D eigenvalue weighted by Crippen LogP contribution is 2.26. The van der Waals surface area contributed by atoms with E-state index in [0.29, 0.717) is 36.7 Å². The number of pyridine rings is 2. The maximum atomic E-state index is 13.0. The minimum absolute atomic E-state index is 0.0994. The fraction of sp³-hybridized carbons (Fsp3) is 0.167. The van der Waals surface area contributed by atoms with Crippen molar-refractivity contribution in [2.45, 2.75) is 13.0 Å². The largest absolute Gasteiger partial charge is 0.441 e. The van der Waals surface area contributed by atoms with E-state index in [1.54, 1.807) is 27.9 Å². The average Bonchev–Trinajstić information content (AvgIpc) is 3.34. The van der Waals surface area contributed by atoms with E-state index in [-0.39, 0.29) is 5.91 Å². The Hall–Kier alpha value is -3.55. The van der Waals surface area contributed by atoms with Crippen molar-refractivity contribution in [2.75, 3.05) is 6.54 Å². The molecule has 0 radical (unpaired) electrons. The maximum absolute atomic E-state index is 13.0. The summed E-state index contributed by atoms with van der Waals surface area (Å²) in [6.45, 7) is 0.974. The molecule has 0 atom stereocenters. The van der Waals surface area contributed by atoms with Crippen molar-refractivity contribution >= 4 is 11.6 Å². The number of nitrogens with zero attached hydrogens (tertiary/aromatic N) is 6. The first-order chi connectivity index (χ1) is 12.8. The molecule has 0 aromatic carbocycles. The molecule has 0 saturated carbocycles. The van der Waals surface area contributed by atoms with E-state index in [1.807, 2.05) is 24.3 Å². The van der Waals surface area contributed by atoms with Gasteiger partial charge in [0.2, 0.25) is 5.89 Å². The number of aromatic nitrogens is 5. The summed E-state index contributed by atoms with van der Waals surface area (Å²) in [6, 6.07) is 9.12. The first kappa shape index (κ1) is 14.8. The van der Waals surface area contributed by atoms with Crippen LogP contribution in [0.2, 0.25) is 0 Å². The molecule has 0 spiro atoms. The number of amides is 1. The molecule has 4 aromatic heterocycles. The van der Waals surface area contributed by atoms with Crippen molar-refractivity contribution in [3.8, 4) is 11.5 Å². The van der Waals surface area contributed by atoms with Gasteiger partial charge in [0.25, 0.3) is 5.91 Å². The van der Waals surface area contributed by atoms with E-state index in [9.17, 15) is 4.79 Å². The lowest BCUT2D eigenvalue weighted by atomic mass is 10.1. The van der Waals surface area contributed by atoms with Crippen molar-refractivity contribution < 1.29 is 9.21 Å². The highest BCUT2D eigenvalue weighted by molar-refractivity contribution is 5.93. The van der Waals surface area contributed by atoms with Crippen LogP contribution in [0.25, 0.3) is 17.1 Å². The van der Waals surface area contributed by atoms with Gasteiger partial charge in [-0.3, -0.25) is 9.78 Å².